The molecule has 0 radical (unpaired) electrons. The maximum atomic E-state index is 11.9. The molecule has 1 atom stereocenters. The molecule has 110 valence electrons. The molecular formula is C15H17N3O3. The zero-order valence-corrected chi connectivity index (χ0v) is 11.5. The molecule has 1 aliphatic heterocycles. The Bertz CT molecular complexity index is 566. The average molecular weight is 287 g/mol. The SMILES string of the molecule is C=CCNC(=O)c1ccc(NC(=O)C2CNC(=O)C2)cc1. The van der Waals surface area contributed by atoms with Crippen LogP contribution in [0.3, 0.4) is 0 Å². The van der Waals surface area contributed by atoms with E-state index in [4.69, 9.17) is 0 Å². The van der Waals surface area contributed by atoms with Gasteiger partial charge in [0.2, 0.25) is 11.8 Å². The van der Waals surface area contributed by atoms with E-state index in [1.54, 1.807) is 30.3 Å². The minimum absolute atomic E-state index is 0.107. The first kappa shape index (κ1) is 14.8. The summed E-state index contributed by atoms with van der Waals surface area (Å²) in [6.07, 6.45) is 1.82. The minimum atomic E-state index is -0.340. The summed E-state index contributed by atoms with van der Waals surface area (Å²) < 4.78 is 0. The molecule has 1 unspecified atom stereocenters. The van der Waals surface area contributed by atoms with Crippen molar-refractivity contribution in [3.63, 3.8) is 0 Å². The number of carbonyl (C=O) groups excluding carboxylic acids is 3. The molecule has 0 saturated carbocycles. The summed E-state index contributed by atoms with van der Waals surface area (Å²) in [6, 6.07) is 6.58. The summed E-state index contributed by atoms with van der Waals surface area (Å²) in [5.41, 5.74) is 1.10. The van der Waals surface area contributed by atoms with E-state index in [2.05, 4.69) is 22.5 Å². The number of benzene rings is 1. The Kier molecular flexibility index (Phi) is 4.71. The summed E-state index contributed by atoms with van der Waals surface area (Å²) in [5.74, 6) is -0.840. The third kappa shape index (κ3) is 3.92. The van der Waals surface area contributed by atoms with Crippen molar-refractivity contribution in [2.45, 2.75) is 6.42 Å². The molecule has 6 heteroatoms. The van der Waals surface area contributed by atoms with Crippen molar-refractivity contribution in [2.24, 2.45) is 5.92 Å². The van der Waals surface area contributed by atoms with Crippen molar-refractivity contribution in [3.8, 4) is 0 Å². The highest BCUT2D eigenvalue weighted by molar-refractivity contribution is 5.98. The van der Waals surface area contributed by atoms with Crippen LogP contribution in [-0.2, 0) is 9.59 Å². The fourth-order valence-electron chi connectivity index (χ4n) is 2.01. The molecule has 6 nitrogen and oxygen atoms in total. The second-order valence-electron chi connectivity index (χ2n) is 4.77. The lowest BCUT2D eigenvalue weighted by molar-refractivity contribution is -0.123. The molecule has 3 amide bonds. The van der Waals surface area contributed by atoms with E-state index in [0.717, 1.165) is 0 Å². The molecule has 0 aliphatic carbocycles. The maximum Gasteiger partial charge on any atom is 0.251 e. The molecule has 3 N–H and O–H groups in total. The number of hydrogen-bond acceptors (Lipinski definition) is 3. The topological polar surface area (TPSA) is 87.3 Å². The van der Waals surface area contributed by atoms with Gasteiger partial charge in [-0.3, -0.25) is 14.4 Å². The molecule has 0 spiro atoms. The maximum absolute atomic E-state index is 11.9. The van der Waals surface area contributed by atoms with Crippen molar-refractivity contribution in [1.82, 2.24) is 10.6 Å². The van der Waals surface area contributed by atoms with Crippen LogP contribution in [0.25, 0.3) is 0 Å². The van der Waals surface area contributed by atoms with E-state index in [-0.39, 0.29) is 30.1 Å². The molecule has 1 aromatic carbocycles. The summed E-state index contributed by atoms with van der Waals surface area (Å²) in [5, 5.41) is 8.02. The van der Waals surface area contributed by atoms with Crippen LogP contribution in [-0.4, -0.2) is 30.8 Å². The van der Waals surface area contributed by atoms with Gasteiger partial charge in [-0.2, -0.15) is 0 Å². The standard InChI is InChI=1S/C15H17N3O3/c1-2-7-16-14(20)10-3-5-12(6-4-10)18-15(21)11-8-13(19)17-9-11/h2-6,11H,1,7-9H2,(H,16,20)(H,17,19)(H,18,21). The first-order valence-corrected chi connectivity index (χ1v) is 6.67. The van der Waals surface area contributed by atoms with E-state index >= 15 is 0 Å². The first-order valence-electron chi connectivity index (χ1n) is 6.67. The third-order valence-corrected chi connectivity index (χ3v) is 3.17. The Morgan fingerprint density at radius 2 is 2.05 bits per heavy atom. The monoisotopic (exact) mass is 287 g/mol. The molecule has 2 rings (SSSR count). The number of carbonyl (C=O) groups is 3. The molecule has 1 fully saturated rings. The Morgan fingerprint density at radius 3 is 2.62 bits per heavy atom. The number of hydrogen-bond donors (Lipinski definition) is 3. The summed E-state index contributed by atoms with van der Waals surface area (Å²) in [4.78, 5) is 34.7. The van der Waals surface area contributed by atoms with E-state index in [1.165, 1.54) is 0 Å². The number of anilines is 1. The molecule has 1 heterocycles. The molecule has 0 bridgehead atoms. The number of amides is 3. The van der Waals surface area contributed by atoms with Crippen molar-refractivity contribution in [3.05, 3.63) is 42.5 Å². The van der Waals surface area contributed by atoms with Crippen LogP contribution in [0.4, 0.5) is 5.69 Å². The van der Waals surface area contributed by atoms with Gasteiger partial charge in [-0.25, -0.2) is 0 Å². The third-order valence-electron chi connectivity index (χ3n) is 3.17. The lowest BCUT2D eigenvalue weighted by atomic mass is 10.1. The average Bonchev–Trinajstić information content (AvgIpc) is 2.92. The van der Waals surface area contributed by atoms with Crippen LogP contribution < -0.4 is 16.0 Å². The van der Waals surface area contributed by atoms with E-state index in [1.807, 2.05) is 0 Å². The lowest BCUT2D eigenvalue weighted by Crippen LogP contribution is -2.25. The van der Waals surface area contributed by atoms with Crippen molar-refractivity contribution >= 4 is 23.4 Å². The molecule has 21 heavy (non-hydrogen) atoms. The zero-order valence-electron chi connectivity index (χ0n) is 11.5. The van der Waals surface area contributed by atoms with Crippen LogP contribution in [0.15, 0.2) is 36.9 Å². The molecule has 1 aromatic rings. The van der Waals surface area contributed by atoms with Gasteiger partial charge in [0.15, 0.2) is 0 Å². The highest BCUT2D eigenvalue weighted by atomic mass is 16.2. The predicted molar refractivity (Wildman–Crippen MR) is 78.7 cm³/mol. The van der Waals surface area contributed by atoms with Crippen LogP contribution in [0.2, 0.25) is 0 Å². The summed E-state index contributed by atoms with van der Waals surface area (Å²) in [6.45, 7) is 4.30. The van der Waals surface area contributed by atoms with Crippen LogP contribution in [0.1, 0.15) is 16.8 Å². The van der Waals surface area contributed by atoms with E-state index < -0.39 is 0 Å². The Labute approximate surface area is 122 Å². The number of nitrogens with one attached hydrogen (secondary N) is 3. The molecule has 0 aromatic heterocycles. The second-order valence-corrected chi connectivity index (χ2v) is 4.77. The fraction of sp³-hybridized carbons (Fsp3) is 0.267. The smallest absolute Gasteiger partial charge is 0.251 e. The quantitative estimate of drug-likeness (QED) is 0.696. The Morgan fingerprint density at radius 1 is 1.33 bits per heavy atom. The van der Waals surface area contributed by atoms with Gasteiger partial charge in [-0.15, -0.1) is 6.58 Å². The number of rotatable bonds is 5. The molecule has 1 aliphatic rings. The molecule has 1 saturated heterocycles. The van der Waals surface area contributed by atoms with Crippen molar-refractivity contribution in [2.75, 3.05) is 18.4 Å². The highest BCUT2D eigenvalue weighted by Crippen LogP contribution is 2.14. The first-order chi connectivity index (χ1) is 10.1. The minimum Gasteiger partial charge on any atom is -0.355 e. The predicted octanol–water partition coefficient (Wildman–Crippen LogP) is 0.677. The Hall–Kier alpha value is -2.63. The van der Waals surface area contributed by atoms with E-state index in [9.17, 15) is 14.4 Å². The zero-order chi connectivity index (χ0) is 15.2. The van der Waals surface area contributed by atoms with Crippen molar-refractivity contribution in [1.29, 1.82) is 0 Å². The summed E-state index contributed by atoms with van der Waals surface area (Å²) >= 11 is 0. The van der Waals surface area contributed by atoms with Crippen LogP contribution in [0.5, 0.6) is 0 Å². The normalized spacial score (nSPS) is 17.0. The van der Waals surface area contributed by atoms with Gasteiger partial charge in [-0.1, -0.05) is 6.08 Å². The fourth-order valence-corrected chi connectivity index (χ4v) is 2.01. The lowest BCUT2D eigenvalue weighted by Gasteiger charge is -2.09. The van der Waals surface area contributed by atoms with Gasteiger partial charge in [0.05, 0.1) is 5.92 Å². The van der Waals surface area contributed by atoms with Gasteiger partial charge in [-0.05, 0) is 24.3 Å². The highest BCUT2D eigenvalue weighted by Gasteiger charge is 2.27. The molecular weight excluding hydrogens is 270 g/mol. The second kappa shape index (κ2) is 6.69. The van der Waals surface area contributed by atoms with E-state index in [0.29, 0.717) is 24.3 Å². The van der Waals surface area contributed by atoms with Gasteiger partial charge in [0, 0.05) is 30.8 Å². The summed E-state index contributed by atoms with van der Waals surface area (Å²) in [7, 11) is 0. The van der Waals surface area contributed by atoms with Gasteiger partial charge in [0.25, 0.3) is 5.91 Å². The van der Waals surface area contributed by atoms with Gasteiger partial charge < -0.3 is 16.0 Å². The van der Waals surface area contributed by atoms with Crippen LogP contribution >= 0.6 is 0 Å². The largest absolute Gasteiger partial charge is 0.355 e. The van der Waals surface area contributed by atoms with Gasteiger partial charge >= 0.3 is 0 Å². The van der Waals surface area contributed by atoms with Gasteiger partial charge in [0.1, 0.15) is 0 Å². The van der Waals surface area contributed by atoms with Crippen molar-refractivity contribution < 1.29 is 14.4 Å². The van der Waals surface area contributed by atoms with Crippen LogP contribution in [0, 0.1) is 5.92 Å². The Balaban J connectivity index is 1.93.